The average molecular weight is 441 g/mol. The lowest BCUT2D eigenvalue weighted by Gasteiger charge is -2.40. The van der Waals surface area contributed by atoms with Gasteiger partial charge in [-0.2, -0.15) is 4.98 Å². The van der Waals surface area contributed by atoms with Gasteiger partial charge in [-0.15, -0.1) is 0 Å². The fourth-order valence-electron chi connectivity index (χ4n) is 2.58. The topological polar surface area (TPSA) is 99.4 Å². The highest BCUT2D eigenvalue weighted by Gasteiger charge is 2.37. The number of halogens is 2. The van der Waals surface area contributed by atoms with Gasteiger partial charge in [0.25, 0.3) is 0 Å². The highest BCUT2D eigenvalue weighted by atomic mass is 127. The summed E-state index contributed by atoms with van der Waals surface area (Å²) >= 11 is 7.99. The number of primary amides is 1. The van der Waals surface area contributed by atoms with Crippen molar-refractivity contribution < 1.29 is 14.3 Å². The van der Waals surface area contributed by atoms with Crippen LogP contribution in [0, 0.1) is 3.57 Å². The number of hydrogen-bond acceptors (Lipinski definition) is 6. The van der Waals surface area contributed by atoms with Gasteiger partial charge in [0.15, 0.2) is 0 Å². The summed E-state index contributed by atoms with van der Waals surface area (Å²) < 4.78 is 11.3. The summed E-state index contributed by atoms with van der Waals surface area (Å²) in [7, 11) is 1.71. The molecule has 0 bridgehead atoms. The molecule has 1 fully saturated rings. The van der Waals surface area contributed by atoms with Crippen LogP contribution < -0.4 is 11.1 Å². The van der Waals surface area contributed by atoms with E-state index < -0.39 is 11.6 Å². The molecule has 0 saturated heterocycles. The van der Waals surface area contributed by atoms with E-state index >= 15 is 0 Å². The first-order chi connectivity index (χ1) is 10.4. The minimum absolute atomic E-state index is 0.166. The molecule has 0 aromatic carbocycles. The Bertz CT molecular complexity index is 538. The summed E-state index contributed by atoms with van der Waals surface area (Å²) in [5.41, 5.74) is 4.68. The molecule has 0 unspecified atom stereocenters. The summed E-state index contributed by atoms with van der Waals surface area (Å²) in [6.45, 7) is 0.177. The number of methoxy groups -OCH3 is 1. The predicted octanol–water partition coefficient (Wildman–Crippen LogP) is 2.57. The normalized spacial score (nSPS) is 24.8. The molecular weight excluding hydrogens is 423 g/mol. The minimum Gasteiger partial charge on any atom is -0.447 e. The maximum Gasteiger partial charge on any atom is 0.404 e. The molecule has 0 radical (unpaired) electrons. The molecule has 1 aromatic rings. The summed E-state index contributed by atoms with van der Waals surface area (Å²) in [5.74, 6) is 0.629. The van der Waals surface area contributed by atoms with Gasteiger partial charge in [-0.1, -0.05) is 0 Å². The number of carbonyl (C=O) groups excluding carboxylic acids is 1. The number of anilines is 1. The van der Waals surface area contributed by atoms with Gasteiger partial charge in [0, 0.05) is 13.3 Å². The smallest absolute Gasteiger partial charge is 0.404 e. The lowest BCUT2D eigenvalue weighted by molar-refractivity contribution is 0.0372. The number of amides is 1. The van der Waals surface area contributed by atoms with Crippen LogP contribution in [0.2, 0.25) is 5.28 Å². The van der Waals surface area contributed by atoms with E-state index in [1.165, 1.54) is 0 Å². The third-order valence-electron chi connectivity index (χ3n) is 3.81. The van der Waals surface area contributed by atoms with Crippen molar-refractivity contribution >= 4 is 46.1 Å². The van der Waals surface area contributed by atoms with Crippen LogP contribution in [0.3, 0.4) is 0 Å². The second-order valence-corrected chi connectivity index (χ2v) is 6.78. The Labute approximate surface area is 147 Å². The Hall–Kier alpha value is -0.870. The first-order valence-electron chi connectivity index (χ1n) is 6.85. The van der Waals surface area contributed by atoms with Crippen molar-refractivity contribution in [3.05, 3.63) is 15.1 Å². The Kier molecular flexibility index (Phi) is 6.04. The monoisotopic (exact) mass is 440 g/mol. The fourth-order valence-corrected chi connectivity index (χ4v) is 3.11. The quantitative estimate of drug-likeness (QED) is 0.539. The summed E-state index contributed by atoms with van der Waals surface area (Å²) in [6, 6.07) is 0. The molecule has 1 aromatic heterocycles. The number of nitrogens with two attached hydrogens (primary N) is 1. The molecule has 1 aliphatic rings. The molecular formula is C13H18ClIN4O3. The van der Waals surface area contributed by atoms with E-state index in [2.05, 4.69) is 37.9 Å². The van der Waals surface area contributed by atoms with Crippen LogP contribution in [0.25, 0.3) is 0 Å². The van der Waals surface area contributed by atoms with E-state index in [1.54, 1.807) is 13.3 Å². The molecule has 22 heavy (non-hydrogen) atoms. The van der Waals surface area contributed by atoms with Crippen LogP contribution in [0.4, 0.5) is 10.6 Å². The molecule has 2 rings (SSSR count). The van der Waals surface area contributed by atoms with Crippen molar-refractivity contribution in [1.82, 2.24) is 9.97 Å². The van der Waals surface area contributed by atoms with Crippen molar-refractivity contribution in [3.8, 4) is 0 Å². The zero-order valence-electron chi connectivity index (χ0n) is 12.1. The fraction of sp³-hybridized carbons (Fsp3) is 0.615. The van der Waals surface area contributed by atoms with Crippen LogP contribution in [-0.2, 0) is 9.47 Å². The number of hydrogen-bond donors (Lipinski definition) is 2. The van der Waals surface area contributed by atoms with Crippen LogP contribution >= 0.6 is 34.2 Å². The van der Waals surface area contributed by atoms with Gasteiger partial charge in [-0.25, -0.2) is 9.78 Å². The van der Waals surface area contributed by atoms with Gasteiger partial charge >= 0.3 is 6.09 Å². The lowest BCUT2D eigenvalue weighted by Crippen LogP contribution is -2.48. The van der Waals surface area contributed by atoms with E-state index in [-0.39, 0.29) is 18.0 Å². The Balaban J connectivity index is 2.17. The minimum atomic E-state index is -0.787. The summed E-state index contributed by atoms with van der Waals surface area (Å²) in [5, 5.41) is 3.54. The molecule has 1 aliphatic carbocycles. The number of aromatic nitrogens is 2. The van der Waals surface area contributed by atoms with E-state index in [4.69, 9.17) is 26.8 Å². The lowest BCUT2D eigenvalue weighted by atomic mass is 9.80. The van der Waals surface area contributed by atoms with Gasteiger partial charge < -0.3 is 20.5 Å². The average Bonchev–Trinajstić information content (AvgIpc) is 2.50. The van der Waals surface area contributed by atoms with Gasteiger partial charge in [0.1, 0.15) is 12.4 Å². The number of carbonyl (C=O) groups is 1. The van der Waals surface area contributed by atoms with Gasteiger partial charge in [-0.3, -0.25) is 0 Å². The summed E-state index contributed by atoms with van der Waals surface area (Å²) in [4.78, 5) is 19.1. The molecule has 0 atom stereocenters. The van der Waals surface area contributed by atoms with Gasteiger partial charge in [-0.05, 0) is 59.9 Å². The molecule has 1 amide bonds. The molecule has 122 valence electrons. The summed E-state index contributed by atoms with van der Waals surface area (Å²) in [6.07, 6.45) is 4.35. The standard InChI is InChI=1S/C13H18ClIN4O3/c1-21-8-2-4-13(5-3-8,7-22-12(16)20)19-10-9(15)6-17-11(14)18-10/h6,8H,2-5,7H2,1H3,(H2,16,20)(H,17,18,19). The molecule has 3 N–H and O–H groups in total. The highest BCUT2D eigenvalue weighted by molar-refractivity contribution is 14.1. The number of ether oxygens (including phenoxy) is 2. The van der Waals surface area contributed by atoms with Crippen molar-refractivity contribution in [2.45, 2.75) is 37.3 Å². The largest absolute Gasteiger partial charge is 0.447 e. The molecule has 1 saturated carbocycles. The number of nitrogens with one attached hydrogen (secondary N) is 1. The Morgan fingerprint density at radius 2 is 2.27 bits per heavy atom. The van der Waals surface area contributed by atoms with Crippen LogP contribution in [-0.4, -0.2) is 41.4 Å². The second-order valence-electron chi connectivity index (χ2n) is 5.28. The first kappa shape index (κ1) is 17.5. The molecule has 0 spiro atoms. The van der Waals surface area contributed by atoms with Crippen LogP contribution in [0.15, 0.2) is 6.20 Å². The Morgan fingerprint density at radius 3 is 2.86 bits per heavy atom. The first-order valence-corrected chi connectivity index (χ1v) is 8.31. The van der Waals surface area contributed by atoms with E-state index in [0.29, 0.717) is 5.82 Å². The van der Waals surface area contributed by atoms with Crippen molar-refractivity contribution in [3.63, 3.8) is 0 Å². The van der Waals surface area contributed by atoms with E-state index in [0.717, 1.165) is 29.3 Å². The molecule has 1 heterocycles. The van der Waals surface area contributed by atoms with Crippen LogP contribution in [0.1, 0.15) is 25.7 Å². The third-order valence-corrected chi connectivity index (χ3v) is 4.78. The Morgan fingerprint density at radius 1 is 1.59 bits per heavy atom. The molecule has 0 aliphatic heterocycles. The maximum absolute atomic E-state index is 11.0. The SMILES string of the molecule is COC1CCC(COC(N)=O)(Nc2nc(Cl)ncc2I)CC1. The van der Waals surface area contributed by atoms with E-state index in [1.807, 2.05) is 0 Å². The van der Waals surface area contributed by atoms with Gasteiger partial charge in [0.05, 0.1) is 15.2 Å². The number of nitrogens with zero attached hydrogens (tertiary/aromatic N) is 2. The highest BCUT2D eigenvalue weighted by Crippen LogP contribution is 2.34. The van der Waals surface area contributed by atoms with Crippen molar-refractivity contribution in [2.75, 3.05) is 19.0 Å². The zero-order valence-corrected chi connectivity index (χ0v) is 15.1. The van der Waals surface area contributed by atoms with Crippen LogP contribution in [0.5, 0.6) is 0 Å². The zero-order chi connectivity index (χ0) is 16.2. The third kappa shape index (κ3) is 4.56. The van der Waals surface area contributed by atoms with Gasteiger partial charge in [0.2, 0.25) is 5.28 Å². The maximum atomic E-state index is 11.0. The van der Waals surface area contributed by atoms with Crippen molar-refractivity contribution in [1.29, 1.82) is 0 Å². The number of rotatable bonds is 5. The molecule has 9 heteroatoms. The predicted molar refractivity (Wildman–Crippen MR) is 90.9 cm³/mol. The molecule has 7 nitrogen and oxygen atoms in total. The van der Waals surface area contributed by atoms with Crippen molar-refractivity contribution in [2.24, 2.45) is 5.73 Å². The second kappa shape index (κ2) is 7.60. The van der Waals surface area contributed by atoms with E-state index in [9.17, 15) is 4.79 Å².